The van der Waals surface area contributed by atoms with Gasteiger partial charge in [0.1, 0.15) is 5.54 Å². The fraction of sp³-hybridized carbons (Fsp3) is 0.556. The fourth-order valence-electron chi connectivity index (χ4n) is 4.38. The number of hydrogen-bond donors (Lipinski definition) is 2. The van der Waals surface area contributed by atoms with E-state index < -0.39 is 29.2 Å². The molecule has 0 radical (unpaired) electrons. The first-order chi connectivity index (χ1) is 18.1. The summed E-state index contributed by atoms with van der Waals surface area (Å²) in [6.07, 6.45) is 3.84. The van der Waals surface area contributed by atoms with Crippen LogP contribution in [0.25, 0.3) is 0 Å². The molecule has 0 aliphatic heterocycles. The summed E-state index contributed by atoms with van der Waals surface area (Å²) in [7, 11) is 3.93. The van der Waals surface area contributed by atoms with Crippen LogP contribution in [0.1, 0.15) is 79.0 Å². The molecule has 2 amide bonds. The standard InChI is InChI=1S/C27H36N6O4S/c1-18(2)16-21(22(34)24-31-32-26(37-24)38-15-14-33(3)4)29-25(36)27(12-6-5-7-13-27)30-23(35)20-10-8-19(17-28)9-11-20/h8-11,18,21H,5-7,12-16H2,1-4H3,(H,29,36)(H,30,35). The summed E-state index contributed by atoms with van der Waals surface area (Å²) in [4.78, 5) is 42.2. The molecule has 1 unspecified atom stereocenters. The van der Waals surface area contributed by atoms with E-state index >= 15 is 0 Å². The molecule has 0 spiro atoms. The van der Waals surface area contributed by atoms with Crippen molar-refractivity contribution in [3.63, 3.8) is 0 Å². The van der Waals surface area contributed by atoms with Crippen molar-refractivity contribution in [2.45, 2.75) is 69.2 Å². The number of carbonyl (C=O) groups excluding carboxylic acids is 3. The smallest absolute Gasteiger partial charge is 0.286 e. The third-order valence-electron chi connectivity index (χ3n) is 6.48. The molecular weight excluding hydrogens is 504 g/mol. The number of nitrogens with one attached hydrogen (secondary N) is 2. The summed E-state index contributed by atoms with van der Waals surface area (Å²) in [6.45, 7) is 4.75. The molecule has 2 aromatic rings. The van der Waals surface area contributed by atoms with Crippen LogP contribution < -0.4 is 10.6 Å². The summed E-state index contributed by atoms with van der Waals surface area (Å²) in [5, 5.41) is 23.1. The highest BCUT2D eigenvalue weighted by Gasteiger charge is 2.43. The normalized spacial score (nSPS) is 15.6. The highest BCUT2D eigenvalue weighted by molar-refractivity contribution is 7.99. The van der Waals surface area contributed by atoms with E-state index in [0.29, 0.717) is 35.6 Å². The summed E-state index contributed by atoms with van der Waals surface area (Å²) in [5.74, 6) is -0.522. The Labute approximate surface area is 227 Å². The Hall–Kier alpha value is -3.23. The van der Waals surface area contributed by atoms with E-state index in [1.165, 1.54) is 11.8 Å². The summed E-state index contributed by atoms with van der Waals surface area (Å²) >= 11 is 1.37. The monoisotopic (exact) mass is 540 g/mol. The van der Waals surface area contributed by atoms with E-state index in [1.54, 1.807) is 24.3 Å². The number of benzene rings is 1. The molecule has 0 bridgehead atoms. The Morgan fingerprint density at radius 3 is 2.42 bits per heavy atom. The quantitative estimate of drug-likeness (QED) is 0.306. The number of carbonyl (C=O) groups is 3. The van der Waals surface area contributed by atoms with Crippen molar-refractivity contribution in [1.29, 1.82) is 5.26 Å². The van der Waals surface area contributed by atoms with Crippen LogP contribution in [0.2, 0.25) is 0 Å². The van der Waals surface area contributed by atoms with E-state index in [9.17, 15) is 14.4 Å². The van der Waals surface area contributed by atoms with Gasteiger partial charge in [0.05, 0.1) is 17.7 Å². The zero-order valence-corrected chi connectivity index (χ0v) is 23.3. The molecule has 1 aliphatic rings. The fourth-order valence-corrected chi connectivity index (χ4v) is 5.25. The maximum Gasteiger partial charge on any atom is 0.286 e. The van der Waals surface area contributed by atoms with Crippen molar-refractivity contribution in [3.05, 3.63) is 41.3 Å². The average Bonchev–Trinajstić information content (AvgIpc) is 3.36. The number of ketones is 1. The van der Waals surface area contributed by atoms with Crippen LogP contribution in [0.3, 0.4) is 0 Å². The van der Waals surface area contributed by atoms with Crippen LogP contribution in [0, 0.1) is 17.2 Å². The van der Waals surface area contributed by atoms with Crippen LogP contribution in [-0.4, -0.2) is 70.7 Å². The Balaban J connectivity index is 1.76. The third kappa shape index (κ3) is 7.88. The Kier molecular flexibility index (Phi) is 10.4. The molecule has 0 saturated heterocycles. The molecule has 38 heavy (non-hydrogen) atoms. The first-order valence-electron chi connectivity index (χ1n) is 12.9. The van der Waals surface area contributed by atoms with Crippen LogP contribution in [-0.2, 0) is 4.79 Å². The molecule has 1 aromatic heterocycles. The number of thioether (sulfide) groups is 1. The van der Waals surface area contributed by atoms with Gasteiger partial charge in [-0.1, -0.05) is 44.9 Å². The number of nitrogens with zero attached hydrogens (tertiary/aromatic N) is 4. The lowest BCUT2D eigenvalue weighted by atomic mass is 9.80. The molecule has 1 atom stereocenters. The van der Waals surface area contributed by atoms with Crippen LogP contribution >= 0.6 is 11.8 Å². The van der Waals surface area contributed by atoms with Crippen LogP contribution in [0.5, 0.6) is 0 Å². The largest absolute Gasteiger partial charge is 0.408 e. The minimum absolute atomic E-state index is 0.108. The molecule has 1 saturated carbocycles. The van der Waals surface area contributed by atoms with Crippen molar-refractivity contribution in [3.8, 4) is 6.07 Å². The van der Waals surface area contributed by atoms with Crippen molar-refractivity contribution in [2.24, 2.45) is 5.92 Å². The average molecular weight is 541 g/mol. The van der Waals surface area contributed by atoms with Crippen molar-refractivity contribution < 1.29 is 18.8 Å². The Bertz CT molecular complexity index is 1150. The lowest BCUT2D eigenvalue weighted by Gasteiger charge is -2.37. The maximum absolute atomic E-state index is 13.7. The molecule has 1 heterocycles. The van der Waals surface area contributed by atoms with E-state index in [-0.39, 0.29) is 11.8 Å². The first kappa shape index (κ1) is 29.3. The van der Waals surface area contributed by atoms with E-state index in [2.05, 4.69) is 20.8 Å². The van der Waals surface area contributed by atoms with Gasteiger partial charge < -0.3 is 20.0 Å². The highest BCUT2D eigenvalue weighted by atomic mass is 32.2. The van der Waals surface area contributed by atoms with Crippen LogP contribution in [0.15, 0.2) is 33.9 Å². The second-order valence-electron chi connectivity index (χ2n) is 10.3. The molecule has 204 valence electrons. The highest BCUT2D eigenvalue weighted by Crippen LogP contribution is 2.30. The lowest BCUT2D eigenvalue weighted by molar-refractivity contribution is -0.129. The molecular formula is C27H36N6O4S. The second kappa shape index (κ2) is 13.5. The number of rotatable bonds is 12. The molecule has 3 rings (SSSR count). The van der Waals surface area contributed by atoms with Crippen LogP contribution in [0.4, 0.5) is 0 Å². The number of aromatic nitrogens is 2. The number of Topliss-reactive ketones (excluding diaryl/α,β-unsaturated/α-hetero) is 1. The molecule has 1 aromatic carbocycles. The lowest BCUT2D eigenvalue weighted by Crippen LogP contribution is -2.62. The molecule has 1 fully saturated rings. The maximum atomic E-state index is 13.7. The van der Waals surface area contributed by atoms with Gasteiger partial charge in [0.25, 0.3) is 17.0 Å². The topological polar surface area (TPSA) is 141 Å². The van der Waals surface area contributed by atoms with Gasteiger partial charge in [-0.15, -0.1) is 10.2 Å². The molecule has 10 nitrogen and oxygen atoms in total. The third-order valence-corrected chi connectivity index (χ3v) is 7.28. The summed E-state index contributed by atoms with van der Waals surface area (Å²) < 4.78 is 5.61. The molecule has 2 N–H and O–H groups in total. The predicted molar refractivity (Wildman–Crippen MR) is 144 cm³/mol. The number of amides is 2. The van der Waals surface area contributed by atoms with Gasteiger partial charge in [-0.25, -0.2) is 0 Å². The van der Waals surface area contributed by atoms with Gasteiger partial charge in [-0.3, -0.25) is 14.4 Å². The Morgan fingerprint density at radius 2 is 1.82 bits per heavy atom. The zero-order valence-electron chi connectivity index (χ0n) is 22.5. The minimum atomic E-state index is -1.14. The van der Waals surface area contributed by atoms with Crippen molar-refractivity contribution >= 4 is 29.4 Å². The zero-order chi connectivity index (χ0) is 27.7. The molecule has 11 heteroatoms. The van der Waals surface area contributed by atoms with Crippen molar-refractivity contribution in [1.82, 2.24) is 25.7 Å². The second-order valence-corrected chi connectivity index (χ2v) is 11.4. The van der Waals surface area contributed by atoms with E-state index in [0.717, 1.165) is 31.6 Å². The van der Waals surface area contributed by atoms with Gasteiger partial charge in [0.2, 0.25) is 11.7 Å². The Morgan fingerprint density at radius 1 is 1.13 bits per heavy atom. The number of hydrogen-bond acceptors (Lipinski definition) is 9. The van der Waals surface area contributed by atoms with Crippen molar-refractivity contribution in [2.75, 3.05) is 26.4 Å². The van der Waals surface area contributed by atoms with Gasteiger partial charge in [0.15, 0.2) is 0 Å². The van der Waals surface area contributed by atoms with E-state index in [1.807, 2.05) is 38.9 Å². The van der Waals surface area contributed by atoms with E-state index in [4.69, 9.17) is 9.68 Å². The molecule has 1 aliphatic carbocycles. The summed E-state index contributed by atoms with van der Waals surface area (Å²) in [6, 6.07) is 7.43. The minimum Gasteiger partial charge on any atom is -0.408 e. The van der Waals surface area contributed by atoms with Gasteiger partial charge in [-0.2, -0.15) is 5.26 Å². The number of nitriles is 1. The van der Waals surface area contributed by atoms with Gasteiger partial charge >= 0.3 is 0 Å². The predicted octanol–water partition coefficient (Wildman–Crippen LogP) is 3.44. The SMILES string of the molecule is CC(C)CC(NC(=O)C1(NC(=O)c2ccc(C#N)cc2)CCCCC1)C(=O)c1nnc(SCCN(C)C)o1. The van der Waals surface area contributed by atoms with Gasteiger partial charge in [0, 0.05) is 17.9 Å². The summed E-state index contributed by atoms with van der Waals surface area (Å²) in [5.41, 5.74) is -0.329. The first-order valence-corrected chi connectivity index (χ1v) is 13.9. The van der Waals surface area contributed by atoms with Gasteiger partial charge in [-0.05, 0) is 63.5 Å².